The largest absolute Gasteiger partial charge is 0.314 e. The van der Waals surface area contributed by atoms with E-state index in [1.54, 1.807) is 11.3 Å². The highest BCUT2D eigenvalue weighted by Crippen LogP contribution is 2.20. The molecule has 18 heavy (non-hydrogen) atoms. The Labute approximate surface area is 119 Å². The van der Waals surface area contributed by atoms with Crippen molar-refractivity contribution in [2.24, 2.45) is 0 Å². The number of rotatable bonds is 3. The number of fused-ring (bicyclic) bond motifs is 1. The van der Waals surface area contributed by atoms with Crippen molar-refractivity contribution in [1.82, 2.24) is 20.1 Å². The van der Waals surface area contributed by atoms with Gasteiger partial charge in [0.15, 0.2) is 0 Å². The minimum absolute atomic E-state index is 0.521. The Morgan fingerprint density at radius 1 is 1.56 bits per heavy atom. The minimum Gasteiger partial charge on any atom is -0.314 e. The van der Waals surface area contributed by atoms with Crippen LogP contribution in [0.2, 0.25) is 0 Å². The van der Waals surface area contributed by atoms with E-state index in [1.807, 2.05) is 6.92 Å². The summed E-state index contributed by atoms with van der Waals surface area (Å²) in [6.07, 6.45) is 2.16. The monoisotopic (exact) mass is 326 g/mol. The fourth-order valence-corrected chi connectivity index (χ4v) is 3.72. The number of aromatic nitrogens is 3. The van der Waals surface area contributed by atoms with E-state index in [4.69, 9.17) is 0 Å². The Hall–Kier alpha value is -0.720. The maximum absolute atomic E-state index is 4.19. The first-order valence-corrected chi connectivity index (χ1v) is 7.74. The van der Waals surface area contributed by atoms with Crippen LogP contribution in [0.25, 0.3) is 0 Å². The first kappa shape index (κ1) is 12.3. The van der Waals surface area contributed by atoms with E-state index >= 15 is 0 Å². The topological polar surface area (TPSA) is 42.7 Å². The van der Waals surface area contributed by atoms with Crippen molar-refractivity contribution in [3.63, 3.8) is 0 Å². The van der Waals surface area contributed by atoms with Crippen LogP contribution in [-0.4, -0.2) is 20.8 Å². The number of nitrogens with zero attached hydrogens (tertiary/aromatic N) is 3. The molecule has 2 aromatic rings. The van der Waals surface area contributed by atoms with Gasteiger partial charge < -0.3 is 9.88 Å². The fraction of sp³-hybridized carbons (Fsp3) is 0.500. The van der Waals surface area contributed by atoms with Gasteiger partial charge in [-0.05, 0) is 35.3 Å². The molecule has 3 heterocycles. The zero-order valence-corrected chi connectivity index (χ0v) is 12.6. The molecule has 1 aliphatic rings. The first-order valence-electron chi connectivity index (χ1n) is 6.07. The van der Waals surface area contributed by atoms with Crippen LogP contribution in [0.3, 0.4) is 0 Å². The maximum Gasteiger partial charge on any atom is 0.133 e. The number of aryl methyl sites for hydroxylation is 2. The average molecular weight is 327 g/mol. The molecule has 1 aliphatic heterocycles. The van der Waals surface area contributed by atoms with Crippen molar-refractivity contribution >= 4 is 27.3 Å². The molecule has 0 aliphatic carbocycles. The number of hydrogen-bond acceptors (Lipinski definition) is 4. The van der Waals surface area contributed by atoms with Crippen LogP contribution in [-0.2, 0) is 19.5 Å². The van der Waals surface area contributed by atoms with E-state index in [0.29, 0.717) is 6.04 Å². The molecule has 1 N–H and O–H groups in total. The van der Waals surface area contributed by atoms with Gasteiger partial charge in [0, 0.05) is 40.3 Å². The van der Waals surface area contributed by atoms with Crippen molar-refractivity contribution in [1.29, 1.82) is 0 Å². The highest BCUT2D eigenvalue weighted by atomic mass is 79.9. The van der Waals surface area contributed by atoms with E-state index < -0.39 is 0 Å². The standard InChI is InChI=1S/C12H15BrN4S/c1-8-15-16-12-3-2-10(6-17(8)12)14-5-11-4-9(13)7-18-11/h4,7,10,14H,2-3,5-6H2,1H3. The first-order chi connectivity index (χ1) is 8.72. The lowest BCUT2D eigenvalue weighted by atomic mass is 10.1. The maximum atomic E-state index is 4.19. The Balaban J connectivity index is 1.61. The predicted octanol–water partition coefficient (Wildman–Crippen LogP) is 2.52. The molecule has 3 rings (SSSR count). The summed E-state index contributed by atoms with van der Waals surface area (Å²) in [6, 6.07) is 2.70. The summed E-state index contributed by atoms with van der Waals surface area (Å²) in [5.41, 5.74) is 0. The van der Waals surface area contributed by atoms with Gasteiger partial charge >= 0.3 is 0 Å². The number of halogens is 1. The van der Waals surface area contributed by atoms with Gasteiger partial charge in [-0.15, -0.1) is 21.5 Å². The molecule has 2 aromatic heterocycles. The van der Waals surface area contributed by atoms with Crippen LogP contribution < -0.4 is 5.32 Å². The van der Waals surface area contributed by atoms with Crippen LogP contribution in [0, 0.1) is 6.92 Å². The van der Waals surface area contributed by atoms with Crippen molar-refractivity contribution in [2.75, 3.05) is 0 Å². The molecule has 0 radical (unpaired) electrons. The van der Waals surface area contributed by atoms with Gasteiger partial charge in [-0.3, -0.25) is 0 Å². The molecule has 4 nitrogen and oxygen atoms in total. The lowest BCUT2D eigenvalue weighted by Crippen LogP contribution is -2.37. The average Bonchev–Trinajstić information content (AvgIpc) is 2.94. The molecule has 1 atom stereocenters. The molecule has 6 heteroatoms. The zero-order valence-electron chi connectivity index (χ0n) is 10.2. The van der Waals surface area contributed by atoms with Crippen LogP contribution in [0.15, 0.2) is 15.9 Å². The summed E-state index contributed by atoms with van der Waals surface area (Å²) in [5.74, 6) is 2.15. The van der Waals surface area contributed by atoms with Crippen molar-refractivity contribution in [3.8, 4) is 0 Å². The summed E-state index contributed by atoms with van der Waals surface area (Å²) in [7, 11) is 0. The quantitative estimate of drug-likeness (QED) is 0.942. The van der Waals surface area contributed by atoms with Gasteiger partial charge in [-0.2, -0.15) is 0 Å². The molecule has 0 saturated heterocycles. The third kappa shape index (κ3) is 2.50. The van der Waals surface area contributed by atoms with Gasteiger partial charge in [0.25, 0.3) is 0 Å². The van der Waals surface area contributed by atoms with Gasteiger partial charge in [-0.25, -0.2) is 0 Å². The summed E-state index contributed by atoms with van der Waals surface area (Å²) < 4.78 is 3.40. The van der Waals surface area contributed by atoms with Crippen molar-refractivity contribution < 1.29 is 0 Å². The number of thiophene rings is 1. The van der Waals surface area contributed by atoms with E-state index in [-0.39, 0.29) is 0 Å². The Morgan fingerprint density at radius 3 is 3.22 bits per heavy atom. The fourth-order valence-electron chi connectivity index (χ4n) is 2.32. The molecule has 0 saturated carbocycles. The number of nitrogens with one attached hydrogen (secondary N) is 1. The molecule has 0 bridgehead atoms. The summed E-state index contributed by atoms with van der Waals surface area (Å²) >= 11 is 5.27. The molecular formula is C12H15BrN4S. The van der Waals surface area contributed by atoms with E-state index in [2.05, 4.69) is 47.5 Å². The second kappa shape index (κ2) is 5.11. The number of hydrogen-bond donors (Lipinski definition) is 1. The zero-order chi connectivity index (χ0) is 12.5. The Morgan fingerprint density at radius 2 is 2.44 bits per heavy atom. The van der Waals surface area contributed by atoms with Crippen LogP contribution in [0.4, 0.5) is 0 Å². The minimum atomic E-state index is 0.521. The van der Waals surface area contributed by atoms with E-state index in [1.165, 1.54) is 9.35 Å². The van der Waals surface area contributed by atoms with Crippen LogP contribution in [0.5, 0.6) is 0 Å². The lowest BCUT2D eigenvalue weighted by Gasteiger charge is -2.24. The molecular weight excluding hydrogens is 312 g/mol. The van der Waals surface area contributed by atoms with Crippen LogP contribution in [0.1, 0.15) is 22.9 Å². The van der Waals surface area contributed by atoms with Crippen molar-refractivity contribution in [3.05, 3.63) is 32.4 Å². The Bertz CT molecular complexity index is 548. The third-order valence-corrected chi connectivity index (χ3v) is 5.02. The normalized spacial score (nSPS) is 18.9. The predicted molar refractivity (Wildman–Crippen MR) is 75.7 cm³/mol. The second-order valence-electron chi connectivity index (χ2n) is 4.62. The lowest BCUT2D eigenvalue weighted by molar-refractivity contribution is 0.376. The SMILES string of the molecule is Cc1nnc2n1CC(NCc1cc(Br)cs1)CC2. The smallest absolute Gasteiger partial charge is 0.133 e. The van der Waals surface area contributed by atoms with E-state index in [0.717, 1.165) is 37.6 Å². The summed E-state index contributed by atoms with van der Waals surface area (Å²) in [4.78, 5) is 1.37. The van der Waals surface area contributed by atoms with E-state index in [9.17, 15) is 0 Å². The summed E-state index contributed by atoms with van der Waals surface area (Å²) in [5, 5.41) is 14.1. The van der Waals surface area contributed by atoms with Gasteiger partial charge in [0.1, 0.15) is 11.6 Å². The molecule has 0 spiro atoms. The van der Waals surface area contributed by atoms with Gasteiger partial charge in [-0.1, -0.05) is 0 Å². The highest BCUT2D eigenvalue weighted by Gasteiger charge is 2.20. The molecule has 0 amide bonds. The third-order valence-electron chi connectivity index (χ3n) is 3.32. The molecule has 0 fully saturated rings. The highest BCUT2D eigenvalue weighted by molar-refractivity contribution is 9.10. The van der Waals surface area contributed by atoms with Gasteiger partial charge in [0.2, 0.25) is 0 Å². The molecule has 0 aromatic carbocycles. The molecule has 1 unspecified atom stereocenters. The summed E-state index contributed by atoms with van der Waals surface area (Å²) in [6.45, 7) is 3.95. The van der Waals surface area contributed by atoms with Crippen molar-refractivity contribution in [2.45, 2.75) is 38.9 Å². The van der Waals surface area contributed by atoms with Crippen LogP contribution >= 0.6 is 27.3 Å². The molecule has 96 valence electrons. The Kier molecular flexibility index (Phi) is 3.50. The van der Waals surface area contributed by atoms with Gasteiger partial charge in [0.05, 0.1) is 0 Å². The second-order valence-corrected chi connectivity index (χ2v) is 6.53.